The van der Waals surface area contributed by atoms with Crippen LogP contribution >= 0.6 is 15.9 Å². The van der Waals surface area contributed by atoms with E-state index in [0.717, 1.165) is 28.8 Å². The van der Waals surface area contributed by atoms with E-state index in [2.05, 4.69) is 22.9 Å². The Morgan fingerprint density at radius 2 is 1.83 bits per heavy atom. The van der Waals surface area contributed by atoms with Crippen molar-refractivity contribution in [3.63, 3.8) is 0 Å². The number of benzene rings is 1. The molecule has 0 heterocycles. The van der Waals surface area contributed by atoms with Crippen LogP contribution in [0.3, 0.4) is 0 Å². The average molecular weight is 314 g/mol. The van der Waals surface area contributed by atoms with Crippen LogP contribution in [0.5, 0.6) is 5.75 Å². The minimum Gasteiger partial charge on any atom is -0.493 e. The molecule has 0 radical (unpaired) electrons. The molecule has 1 aromatic rings. The lowest BCUT2D eigenvalue weighted by atomic mass is 10.1. The highest BCUT2D eigenvalue weighted by atomic mass is 79.9. The Labute approximate surface area is 119 Å². The topological polar surface area (TPSA) is 35.2 Å². The molecule has 0 aromatic heterocycles. The van der Waals surface area contributed by atoms with Gasteiger partial charge >= 0.3 is 0 Å². The molecule has 0 atom stereocenters. The Kier molecular flexibility index (Phi) is 8.10. The molecular weight excluding hydrogens is 290 g/mol. The van der Waals surface area contributed by atoms with Crippen molar-refractivity contribution in [2.24, 2.45) is 5.73 Å². The van der Waals surface area contributed by atoms with E-state index in [4.69, 9.17) is 10.5 Å². The summed E-state index contributed by atoms with van der Waals surface area (Å²) in [7, 11) is 0. The van der Waals surface area contributed by atoms with Crippen LogP contribution in [0.2, 0.25) is 0 Å². The number of unbranched alkanes of at least 4 members (excludes halogenated alkanes) is 5. The van der Waals surface area contributed by atoms with Gasteiger partial charge in [0.15, 0.2) is 0 Å². The fraction of sp³-hybridized carbons (Fsp3) is 0.600. The van der Waals surface area contributed by atoms with Gasteiger partial charge in [-0.05, 0) is 18.6 Å². The van der Waals surface area contributed by atoms with Crippen LogP contribution in [0.25, 0.3) is 0 Å². The van der Waals surface area contributed by atoms with E-state index in [-0.39, 0.29) is 0 Å². The molecule has 0 amide bonds. The fourth-order valence-corrected chi connectivity index (χ4v) is 2.45. The highest BCUT2D eigenvalue weighted by molar-refractivity contribution is 9.10. The van der Waals surface area contributed by atoms with E-state index in [1.54, 1.807) is 0 Å². The summed E-state index contributed by atoms with van der Waals surface area (Å²) in [5.41, 5.74) is 6.79. The number of hydrogen-bond acceptors (Lipinski definition) is 2. The number of rotatable bonds is 9. The maximum absolute atomic E-state index is 5.81. The molecule has 0 fully saturated rings. The smallest absolute Gasteiger partial charge is 0.124 e. The van der Waals surface area contributed by atoms with Gasteiger partial charge in [0.25, 0.3) is 0 Å². The first-order chi connectivity index (χ1) is 8.79. The summed E-state index contributed by atoms with van der Waals surface area (Å²) in [6.45, 7) is 3.54. The first-order valence-corrected chi connectivity index (χ1v) is 7.69. The van der Waals surface area contributed by atoms with Crippen LogP contribution in [-0.2, 0) is 6.54 Å². The zero-order chi connectivity index (χ0) is 13.2. The Hall–Kier alpha value is -0.540. The molecule has 3 heteroatoms. The molecule has 2 nitrogen and oxygen atoms in total. The first kappa shape index (κ1) is 15.5. The number of halogens is 1. The Balaban J connectivity index is 2.25. The second-order valence-corrected chi connectivity index (χ2v) is 5.39. The number of hydrogen-bond donors (Lipinski definition) is 1. The van der Waals surface area contributed by atoms with Crippen molar-refractivity contribution in [3.8, 4) is 5.75 Å². The van der Waals surface area contributed by atoms with Gasteiger partial charge in [0.2, 0.25) is 0 Å². The quantitative estimate of drug-likeness (QED) is 0.674. The van der Waals surface area contributed by atoms with Gasteiger partial charge in [-0.2, -0.15) is 0 Å². The maximum Gasteiger partial charge on any atom is 0.124 e. The molecule has 0 aliphatic carbocycles. The molecule has 0 spiro atoms. The van der Waals surface area contributed by atoms with Crippen molar-refractivity contribution in [2.75, 3.05) is 6.61 Å². The van der Waals surface area contributed by atoms with Gasteiger partial charge in [0.05, 0.1) is 6.61 Å². The van der Waals surface area contributed by atoms with Gasteiger partial charge in [-0.15, -0.1) is 0 Å². The van der Waals surface area contributed by atoms with Crippen LogP contribution in [-0.4, -0.2) is 6.61 Å². The minimum absolute atomic E-state index is 0.507. The lowest BCUT2D eigenvalue weighted by Gasteiger charge is -2.11. The van der Waals surface area contributed by atoms with Gasteiger partial charge in [-0.1, -0.05) is 61.0 Å². The zero-order valence-electron chi connectivity index (χ0n) is 11.3. The van der Waals surface area contributed by atoms with Crippen LogP contribution in [0.15, 0.2) is 22.7 Å². The van der Waals surface area contributed by atoms with Crippen molar-refractivity contribution in [1.29, 1.82) is 0 Å². The molecule has 0 bridgehead atoms. The van der Waals surface area contributed by atoms with Gasteiger partial charge < -0.3 is 10.5 Å². The van der Waals surface area contributed by atoms with Gasteiger partial charge in [-0.25, -0.2) is 0 Å². The molecule has 1 rings (SSSR count). The molecule has 0 aliphatic rings. The van der Waals surface area contributed by atoms with Crippen LogP contribution < -0.4 is 10.5 Å². The van der Waals surface area contributed by atoms with Crippen molar-refractivity contribution >= 4 is 15.9 Å². The van der Waals surface area contributed by atoms with E-state index >= 15 is 0 Å². The lowest BCUT2D eigenvalue weighted by Crippen LogP contribution is -2.04. The zero-order valence-corrected chi connectivity index (χ0v) is 12.8. The highest BCUT2D eigenvalue weighted by Crippen LogP contribution is 2.26. The standard InChI is InChI=1S/C15H24BrNO/c1-2-3-4-5-6-7-11-18-15-10-8-9-14(16)13(15)12-17/h8-10H,2-7,11-12,17H2,1H3. The summed E-state index contributed by atoms with van der Waals surface area (Å²) in [6.07, 6.45) is 7.70. The van der Waals surface area contributed by atoms with Crippen LogP contribution in [0.4, 0.5) is 0 Å². The molecule has 0 aliphatic heterocycles. The second-order valence-electron chi connectivity index (χ2n) is 4.54. The van der Waals surface area contributed by atoms with E-state index < -0.39 is 0 Å². The van der Waals surface area contributed by atoms with Crippen molar-refractivity contribution in [1.82, 2.24) is 0 Å². The Morgan fingerprint density at radius 3 is 2.56 bits per heavy atom. The third-order valence-corrected chi connectivity index (χ3v) is 3.78. The monoisotopic (exact) mass is 313 g/mol. The normalized spacial score (nSPS) is 10.6. The van der Waals surface area contributed by atoms with E-state index in [9.17, 15) is 0 Å². The van der Waals surface area contributed by atoms with Gasteiger partial charge in [0, 0.05) is 16.6 Å². The Bertz CT molecular complexity index is 341. The average Bonchev–Trinajstić information content (AvgIpc) is 2.38. The Morgan fingerprint density at radius 1 is 1.11 bits per heavy atom. The van der Waals surface area contributed by atoms with Gasteiger partial charge in [0.1, 0.15) is 5.75 Å². The fourth-order valence-electron chi connectivity index (χ4n) is 1.94. The SMILES string of the molecule is CCCCCCCCOc1cccc(Br)c1CN. The largest absolute Gasteiger partial charge is 0.493 e. The first-order valence-electron chi connectivity index (χ1n) is 6.89. The van der Waals surface area contributed by atoms with E-state index in [1.807, 2.05) is 18.2 Å². The molecule has 0 saturated carbocycles. The third kappa shape index (κ3) is 5.40. The molecule has 1 aromatic carbocycles. The lowest BCUT2D eigenvalue weighted by molar-refractivity contribution is 0.301. The highest BCUT2D eigenvalue weighted by Gasteiger charge is 2.05. The van der Waals surface area contributed by atoms with Crippen molar-refractivity contribution in [2.45, 2.75) is 52.0 Å². The second kappa shape index (κ2) is 9.40. The minimum atomic E-state index is 0.507. The maximum atomic E-state index is 5.81. The molecule has 2 N–H and O–H groups in total. The van der Waals surface area contributed by atoms with Crippen molar-refractivity contribution in [3.05, 3.63) is 28.2 Å². The van der Waals surface area contributed by atoms with E-state index in [0.29, 0.717) is 6.54 Å². The summed E-state index contributed by atoms with van der Waals surface area (Å²) >= 11 is 3.50. The predicted molar refractivity (Wildman–Crippen MR) is 80.9 cm³/mol. The van der Waals surface area contributed by atoms with Crippen LogP contribution in [0.1, 0.15) is 51.0 Å². The van der Waals surface area contributed by atoms with E-state index in [1.165, 1.54) is 32.1 Å². The van der Waals surface area contributed by atoms with Crippen molar-refractivity contribution < 1.29 is 4.74 Å². The number of ether oxygens (including phenoxy) is 1. The predicted octanol–water partition coefficient (Wildman–Crippen LogP) is 4.65. The van der Waals surface area contributed by atoms with Crippen LogP contribution in [0, 0.1) is 0 Å². The third-order valence-electron chi connectivity index (χ3n) is 3.04. The molecule has 0 unspecified atom stereocenters. The number of nitrogens with two attached hydrogens (primary N) is 1. The summed E-state index contributed by atoms with van der Waals surface area (Å²) < 4.78 is 6.84. The summed E-state index contributed by atoms with van der Waals surface area (Å²) in [5, 5.41) is 0. The molecular formula is C15H24BrNO. The summed E-state index contributed by atoms with van der Waals surface area (Å²) in [6, 6.07) is 5.98. The summed E-state index contributed by atoms with van der Waals surface area (Å²) in [5.74, 6) is 0.917. The molecule has 18 heavy (non-hydrogen) atoms. The van der Waals surface area contributed by atoms with Gasteiger partial charge in [-0.3, -0.25) is 0 Å². The summed E-state index contributed by atoms with van der Waals surface area (Å²) in [4.78, 5) is 0. The molecule has 0 saturated heterocycles. The molecule has 102 valence electrons.